The summed E-state index contributed by atoms with van der Waals surface area (Å²) in [5.74, 6) is -1.18. The minimum Gasteiger partial charge on any atom is -0.480 e. The molecule has 0 aliphatic carbocycles. The van der Waals surface area contributed by atoms with Gasteiger partial charge in [0.1, 0.15) is 6.04 Å². The van der Waals surface area contributed by atoms with Crippen LogP contribution in [-0.4, -0.2) is 34.9 Å². The molecule has 0 fully saturated rings. The van der Waals surface area contributed by atoms with Crippen LogP contribution < -0.4 is 10.6 Å². The Labute approximate surface area is 118 Å². The molecule has 0 radical (unpaired) electrons. The zero-order chi connectivity index (χ0) is 14.4. The van der Waals surface area contributed by atoms with E-state index in [0.29, 0.717) is 5.69 Å². The first-order chi connectivity index (χ1) is 8.93. The lowest BCUT2D eigenvalue weighted by Gasteiger charge is -2.14. The average molecular weight is 331 g/mol. The van der Waals surface area contributed by atoms with Crippen molar-refractivity contribution in [3.8, 4) is 0 Å². The number of anilines is 1. The molecule has 7 heteroatoms. The summed E-state index contributed by atoms with van der Waals surface area (Å²) in [7, 11) is 0. The summed E-state index contributed by atoms with van der Waals surface area (Å²) >= 11 is 3.34. The number of urea groups is 1. The van der Waals surface area contributed by atoms with Gasteiger partial charge in [0.25, 0.3) is 0 Å². The fraction of sp³-hybridized carbons (Fsp3) is 0.333. The van der Waals surface area contributed by atoms with Crippen LogP contribution in [0.25, 0.3) is 0 Å². The lowest BCUT2D eigenvalue weighted by atomic mass is 10.2. The number of carboxylic acid groups (broad SMARTS) is 1. The number of carbonyl (C=O) groups is 2. The third-order valence-corrected chi connectivity index (χ3v) is 3.33. The largest absolute Gasteiger partial charge is 0.480 e. The molecule has 19 heavy (non-hydrogen) atoms. The van der Waals surface area contributed by atoms with Crippen molar-refractivity contribution in [2.24, 2.45) is 0 Å². The topological polar surface area (TPSA) is 98.7 Å². The van der Waals surface area contributed by atoms with Gasteiger partial charge in [0.15, 0.2) is 0 Å². The van der Waals surface area contributed by atoms with E-state index in [4.69, 9.17) is 10.2 Å². The number of hydrogen-bond donors (Lipinski definition) is 4. The molecule has 1 aromatic rings. The van der Waals surface area contributed by atoms with Crippen molar-refractivity contribution in [2.75, 3.05) is 11.9 Å². The van der Waals surface area contributed by atoms with E-state index in [1.165, 1.54) is 0 Å². The molecule has 1 aromatic carbocycles. The lowest BCUT2D eigenvalue weighted by molar-refractivity contribution is -0.139. The number of carboxylic acids is 1. The number of nitrogens with one attached hydrogen (secondary N) is 2. The molecule has 0 saturated carbocycles. The third kappa shape index (κ3) is 4.88. The highest BCUT2D eigenvalue weighted by Gasteiger charge is 2.19. The summed E-state index contributed by atoms with van der Waals surface area (Å²) in [6, 6.07) is 3.50. The predicted molar refractivity (Wildman–Crippen MR) is 74.2 cm³/mol. The Kier molecular flexibility index (Phi) is 5.78. The Morgan fingerprint density at radius 3 is 2.63 bits per heavy atom. The molecule has 1 rings (SSSR count). The van der Waals surface area contributed by atoms with E-state index in [1.807, 2.05) is 6.92 Å². The van der Waals surface area contributed by atoms with Gasteiger partial charge in [0.2, 0.25) is 0 Å². The van der Waals surface area contributed by atoms with Crippen LogP contribution in [0.3, 0.4) is 0 Å². The minimum absolute atomic E-state index is 0.0396. The summed E-state index contributed by atoms with van der Waals surface area (Å²) in [6.07, 6.45) is -0.0396. The van der Waals surface area contributed by atoms with Crippen LogP contribution in [0.2, 0.25) is 0 Å². The van der Waals surface area contributed by atoms with E-state index < -0.39 is 18.0 Å². The van der Waals surface area contributed by atoms with Crippen LogP contribution in [0.5, 0.6) is 0 Å². The van der Waals surface area contributed by atoms with Gasteiger partial charge >= 0.3 is 12.0 Å². The van der Waals surface area contributed by atoms with Gasteiger partial charge in [-0.25, -0.2) is 9.59 Å². The molecule has 0 unspecified atom stereocenters. The normalized spacial score (nSPS) is 11.7. The molecule has 4 N–H and O–H groups in total. The number of aryl methyl sites for hydroxylation is 1. The summed E-state index contributed by atoms with van der Waals surface area (Å²) in [5, 5.41) is 22.4. The third-order valence-electron chi connectivity index (χ3n) is 2.44. The summed E-state index contributed by atoms with van der Waals surface area (Å²) in [5.41, 5.74) is 1.51. The molecular weight excluding hydrogens is 316 g/mol. The average Bonchev–Trinajstić information content (AvgIpc) is 2.33. The van der Waals surface area contributed by atoms with Gasteiger partial charge in [-0.15, -0.1) is 0 Å². The van der Waals surface area contributed by atoms with Crippen molar-refractivity contribution >= 4 is 33.6 Å². The molecular formula is C12H15BrN2O4. The Balaban J connectivity index is 2.63. The van der Waals surface area contributed by atoms with E-state index >= 15 is 0 Å². The molecule has 0 aromatic heterocycles. The smallest absolute Gasteiger partial charge is 0.326 e. The predicted octanol–water partition coefficient (Wildman–Crippen LogP) is 1.71. The Morgan fingerprint density at radius 1 is 1.42 bits per heavy atom. The summed E-state index contributed by atoms with van der Waals surface area (Å²) < 4.78 is 0.919. The highest BCUT2D eigenvalue weighted by Crippen LogP contribution is 2.19. The van der Waals surface area contributed by atoms with Crippen LogP contribution in [0.1, 0.15) is 12.0 Å². The summed E-state index contributed by atoms with van der Waals surface area (Å²) in [6.45, 7) is 1.56. The van der Waals surface area contributed by atoms with E-state index in [9.17, 15) is 9.59 Å². The van der Waals surface area contributed by atoms with E-state index in [1.54, 1.807) is 18.2 Å². The second-order valence-electron chi connectivity index (χ2n) is 3.97. The van der Waals surface area contributed by atoms with Crippen molar-refractivity contribution in [3.63, 3.8) is 0 Å². The lowest BCUT2D eigenvalue weighted by Crippen LogP contribution is -2.43. The number of carbonyl (C=O) groups excluding carboxylic acids is 1. The molecule has 1 atom stereocenters. The van der Waals surface area contributed by atoms with Crippen molar-refractivity contribution in [1.29, 1.82) is 0 Å². The maximum absolute atomic E-state index is 11.6. The molecule has 0 aliphatic rings. The molecule has 2 amide bonds. The van der Waals surface area contributed by atoms with Gasteiger partial charge in [-0.1, -0.05) is 15.9 Å². The van der Waals surface area contributed by atoms with Crippen LogP contribution in [0, 0.1) is 6.92 Å². The van der Waals surface area contributed by atoms with E-state index in [0.717, 1.165) is 10.0 Å². The molecule has 0 saturated heterocycles. The number of halogens is 1. The minimum atomic E-state index is -1.18. The van der Waals surface area contributed by atoms with Gasteiger partial charge in [0.05, 0.1) is 0 Å². The van der Waals surface area contributed by atoms with Crippen LogP contribution in [0.4, 0.5) is 10.5 Å². The monoisotopic (exact) mass is 330 g/mol. The number of aliphatic hydroxyl groups is 1. The molecule has 6 nitrogen and oxygen atoms in total. The van der Waals surface area contributed by atoms with Gasteiger partial charge in [-0.3, -0.25) is 0 Å². The van der Waals surface area contributed by atoms with Gasteiger partial charge in [-0.2, -0.15) is 0 Å². The first-order valence-electron chi connectivity index (χ1n) is 5.61. The van der Waals surface area contributed by atoms with Crippen LogP contribution in [0.15, 0.2) is 22.7 Å². The van der Waals surface area contributed by atoms with E-state index in [2.05, 4.69) is 26.6 Å². The molecule has 0 bridgehead atoms. The summed E-state index contributed by atoms with van der Waals surface area (Å²) in [4.78, 5) is 22.4. The molecule has 0 aliphatic heterocycles. The number of hydrogen-bond acceptors (Lipinski definition) is 3. The zero-order valence-electron chi connectivity index (χ0n) is 10.3. The Bertz CT molecular complexity index is 479. The molecule has 0 heterocycles. The highest BCUT2D eigenvalue weighted by molar-refractivity contribution is 9.10. The molecule has 104 valence electrons. The number of amides is 2. The first kappa shape index (κ1) is 15.5. The van der Waals surface area contributed by atoms with Crippen molar-refractivity contribution in [1.82, 2.24) is 5.32 Å². The molecule has 0 spiro atoms. The number of rotatable bonds is 5. The van der Waals surface area contributed by atoms with E-state index in [-0.39, 0.29) is 13.0 Å². The number of benzene rings is 1. The van der Waals surface area contributed by atoms with Gasteiger partial charge in [-0.05, 0) is 30.7 Å². The SMILES string of the molecule is Cc1cc(NC(=O)N[C@H](CCO)C(=O)O)ccc1Br. The Morgan fingerprint density at radius 2 is 2.11 bits per heavy atom. The van der Waals surface area contributed by atoms with Crippen LogP contribution in [-0.2, 0) is 4.79 Å². The fourth-order valence-electron chi connectivity index (χ4n) is 1.43. The Hall–Kier alpha value is -1.60. The van der Waals surface area contributed by atoms with Gasteiger partial charge in [0, 0.05) is 23.2 Å². The number of aliphatic carboxylic acids is 1. The van der Waals surface area contributed by atoms with Crippen LogP contribution >= 0.6 is 15.9 Å². The van der Waals surface area contributed by atoms with Crippen molar-refractivity contribution in [2.45, 2.75) is 19.4 Å². The second kappa shape index (κ2) is 7.10. The maximum atomic E-state index is 11.6. The number of aliphatic hydroxyl groups excluding tert-OH is 1. The van der Waals surface area contributed by atoms with Gasteiger partial charge < -0.3 is 20.8 Å². The second-order valence-corrected chi connectivity index (χ2v) is 4.82. The standard InChI is InChI=1S/C12H15BrN2O4/c1-7-6-8(2-3-9(7)13)14-12(19)15-10(4-5-16)11(17)18/h2-3,6,10,16H,4-5H2,1H3,(H,17,18)(H2,14,15,19)/t10-/m1/s1. The fourth-order valence-corrected chi connectivity index (χ4v) is 1.68. The maximum Gasteiger partial charge on any atom is 0.326 e. The van der Waals surface area contributed by atoms with Crippen molar-refractivity contribution < 1.29 is 19.8 Å². The first-order valence-corrected chi connectivity index (χ1v) is 6.40. The zero-order valence-corrected chi connectivity index (χ0v) is 11.9. The van der Waals surface area contributed by atoms with Crippen molar-refractivity contribution in [3.05, 3.63) is 28.2 Å². The quantitative estimate of drug-likeness (QED) is 0.660. The highest BCUT2D eigenvalue weighted by atomic mass is 79.9.